The molecule has 3 aromatic rings. The second kappa shape index (κ2) is 8.05. The predicted molar refractivity (Wildman–Crippen MR) is 110 cm³/mol. The Hall–Kier alpha value is -2.47. The average Bonchev–Trinajstić information content (AvgIpc) is 3.05. The third-order valence-electron chi connectivity index (χ3n) is 4.70. The van der Waals surface area contributed by atoms with Gasteiger partial charge in [-0.05, 0) is 55.7 Å². The maximum Gasteiger partial charge on any atom is 0.224 e. The molecule has 0 radical (unpaired) electrons. The van der Waals surface area contributed by atoms with Crippen molar-refractivity contribution in [3.05, 3.63) is 48.0 Å². The van der Waals surface area contributed by atoms with E-state index in [1.807, 2.05) is 24.3 Å². The van der Waals surface area contributed by atoms with Gasteiger partial charge in [0.05, 0.1) is 17.6 Å². The van der Waals surface area contributed by atoms with Crippen molar-refractivity contribution in [2.45, 2.75) is 37.9 Å². The maximum absolute atomic E-state index is 11.4. The first kappa shape index (κ1) is 17.9. The van der Waals surface area contributed by atoms with Gasteiger partial charge >= 0.3 is 0 Å². The molecule has 0 saturated heterocycles. The van der Waals surface area contributed by atoms with Crippen LogP contribution >= 0.6 is 11.8 Å². The first-order valence-electron chi connectivity index (χ1n) is 9.38. The number of fused-ring (bicyclic) bond motifs is 2. The summed E-state index contributed by atoms with van der Waals surface area (Å²) in [6, 6.07) is 14.2. The van der Waals surface area contributed by atoms with Gasteiger partial charge in [-0.1, -0.05) is 23.9 Å². The summed E-state index contributed by atoms with van der Waals surface area (Å²) in [5, 5.41) is 3.97. The number of amides is 1. The van der Waals surface area contributed by atoms with Crippen LogP contribution in [0.1, 0.15) is 25.3 Å². The number of ether oxygens (including phenoxy) is 1. The second-order valence-corrected chi connectivity index (χ2v) is 7.61. The minimum atomic E-state index is 0.0892. The van der Waals surface area contributed by atoms with Crippen molar-refractivity contribution in [3.63, 3.8) is 0 Å². The first-order valence-corrected chi connectivity index (χ1v) is 10.4. The van der Waals surface area contributed by atoms with Crippen molar-refractivity contribution in [2.75, 3.05) is 17.7 Å². The van der Waals surface area contributed by atoms with E-state index in [0.717, 1.165) is 52.8 Å². The summed E-state index contributed by atoms with van der Waals surface area (Å²) in [6.45, 7) is 3.75. The molecular formula is C21H23N3O2S. The molecular weight excluding hydrogens is 358 g/mol. The minimum Gasteiger partial charge on any atom is -0.494 e. The number of aromatic nitrogens is 2. The Bertz CT molecular complexity index is 967. The van der Waals surface area contributed by atoms with Crippen molar-refractivity contribution in [1.82, 2.24) is 9.55 Å². The lowest BCUT2D eigenvalue weighted by Crippen LogP contribution is -2.18. The SMILES string of the molecule is CCn1c(SCCCOc2ccc3c(c2)CCC(=O)N3)nc2ccccc21. The van der Waals surface area contributed by atoms with E-state index >= 15 is 0 Å². The number of carbonyl (C=O) groups excluding carboxylic acids is 1. The molecule has 2 heterocycles. The van der Waals surface area contributed by atoms with Crippen molar-refractivity contribution in [3.8, 4) is 5.75 Å². The highest BCUT2D eigenvalue weighted by molar-refractivity contribution is 7.99. The molecule has 0 fully saturated rings. The van der Waals surface area contributed by atoms with E-state index in [1.54, 1.807) is 11.8 Å². The molecule has 1 aliphatic rings. The van der Waals surface area contributed by atoms with Gasteiger partial charge in [-0.25, -0.2) is 4.98 Å². The van der Waals surface area contributed by atoms with E-state index in [4.69, 9.17) is 9.72 Å². The fourth-order valence-corrected chi connectivity index (χ4v) is 4.32. The number of para-hydroxylation sites is 2. The van der Waals surface area contributed by atoms with Crippen molar-refractivity contribution < 1.29 is 9.53 Å². The Kier molecular flexibility index (Phi) is 5.34. The van der Waals surface area contributed by atoms with E-state index in [9.17, 15) is 4.79 Å². The van der Waals surface area contributed by atoms with Crippen LogP contribution < -0.4 is 10.1 Å². The van der Waals surface area contributed by atoms with Gasteiger partial charge in [-0.2, -0.15) is 0 Å². The van der Waals surface area contributed by atoms with Crippen molar-refractivity contribution in [2.24, 2.45) is 0 Å². The lowest BCUT2D eigenvalue weighted by molar-refractivity contribution is -0.116. The van der Waals surface area contributed by atoms with E-state index in [0.29, 0.717) is 13.0 Å². The molecule has 5 nitrogen and oxygen atoms in total. The Morgan fingerprint density at radius 3 is 3.00 bits per heavy atom. The summed E-state index contributed by atoms with van der Waals surface area (Å²) in [7, 11) is 0. The van der Waals surface area contributed by atoms with Crippen LogP contribution in [0.4, 0.5) is 5.69 Å². The van der Waals surface area contributed by atoms with Crippen LogP contribution in [0.3, 0.4) is 0 Å². The smallest absolute Gasteiger partial charge is 0.224 e. The molecule has 6 heteroatoms. The highest BCUT2D eigenvalue weighted by atomic mass is 32.2. The lowest BCUT2D eigenvalue weighted by Gasteiger charge is -2.17. The number of imidazole rings is 1. The molecule has 0 unspecified atom stereocenters. The predicted octanol–water partition coefficient (Wildman–Crippen LogP) is 4.50. The third-order valence-corrected chi connectivity index (χ3v) is 5.76. The van der Waals surface area contributed by atoms with Gasteiger partial charge in [0.25, 0.3) is 0 Å². The number of benzene rings is 2. The van der Waals surface area contributed by atoms with Gasteiger partial charge in [0, 0.05) is 24.4 Å². The second-order valence-electron chi connectivity index (χ2n) is 6.54. The molecule has 1 aliphatic heterocycles. The Morgan fingerprint density at radius 2 is 2.11 bits per heavy atom. The van der Waals surface area contributed by atoms with Crippen molar-refractivity contribution >= 4 is 34.4 Å². The lowest BCUT2D eigenvalue weighted by atomic mass is 10.0. The molecule has 1 amide bonds. The molecule has 0 aliphatic carbocycles. The number of aryl methyl sites for hydroxylation is 2. The molecule has 4 rings (SSSR count). The van der Waals surface area contributed by atoms with E-state index in [1.165, 1.54) is 5.52 Å². The largest absolute Gasteiger partial charge is 0.494 e. The number of carbonyl (C=O) groups is 1. The summed E-state index contributed by atoms with van der Waals surface area (Å²) < 4.78 is 8.16. The highest BCUT2D eigenvalue weighted by Gasteiger charge is 2.15. The number of rotatable bonds is 7. The van der Waals surface area contributed by atoms with Crippen LogP contribution in [0.25, 0.3) is 11.0 Å². The van der Waals surface area contributed by atoms with Gasteiger partial charge in [0.1, 0.15) is 5.75 Å². The molecule has 0 spiro atoms. The summed E-state index contributed by atoms with van der Waals surface area (Å²) in [5.41, 5.74) is 4.31. The zero-order valence-electron chi connectivity index (χ0n) is 15.4. The van der Waals surface area contributed by atoms with Crippen LogP contribution in [-0.2, 0) is 17.8 Å². The number of anilines is 1. The number of hydrogen-bond acceptors (Lipinski definition) is 4. The minimum absolute atomic E-state index is 0.0892. The topological polar surface area (TPSA) is 56.1 Å². The number of nitrogens with zero attached hydrogens (tertiary/aromatic N) is 2. The van der Waals surface area contributed by atoms with Gasteiger partial charge < -0.3 is 14.6 Å². The molecule has 1 aromatic heterocycles. The van der Waals surface area contributed by atoms with E-state index < -0.39 is 0 Å². The molecule has 140 valence electrons. The zero-order valence-corrected chi connectivity index (χ0v) is 16.2. The van der Waals surface area contributed by atoms with Crippen LogP contribution in [-0.4, -0.2) is 27.8 Å². The average molecular weight is 382 g/mol. The van der Waals surface area contributed by atoms with Crippen LogP contribution in [0.5, 0.6) is 5.75 Å². The zero-order chi connectivity index (χ0) is 18.6. The third kappa shape index (κ3) is 3.95. The summed E-state index contributed by atoms with van der Waals surface area (Å²) in [5.74, 6) is 1.92. The van der Waals surface area contributed by atoms with E-state index in [2.05, 4.69) is 35.0 Å². The first-order chi connectivity index (χ1) is 13.2. The fourth-order valence-electron chi connectivity index (χ4n) is 3.33. The Morgan fingerprint density at radius 1 is 1.22 bits per heavy atom. The van der Waals surface area contributed by atoms with Crippen LogP contribution in [0.15, 0.2) is 47.6 Å². The molecule has 27 heavy (non-hydrogen) atoms. The summed E-state index contributed by atoms with van der Waals surface area (Å²) in [4.78, 5) is 16.2. The monoisotopic (exact) mass is 381 g/mol. The fraction of sp³-hybridized carbons (Fsp3) is 0.333. The highest BCUT2D eigenvalue weighted by Crippen LogP contribution is 2.27. The number of hydrogen-bond donors (Lipinski definition) is 1. The van der Waals surface area contributed by atoms with Crippen LogP contribution in [0.2, 0.25) is 0 Å². The standard InChI is InChI=1S/C21H23N3O2S/c1-2-24-19-7-4-3-6-18(19)23-21(24)27-13-5-12-26-16-9-10-17-15(14-16)8-11-20(25)22-17/h3-4,6-7,9-10,14H,2,5,8,11-13H2,1H3,(H,22,25). The number of thioether (sulfide) groups is 1. The van der Waals surface area contributed by atoms with Gasteiger partial charge in [0.15, 0.2) is 5.16 Å². The maximum atomic E-state index is 11.4. The Balaban J connectivity index is 1.29. The van der Waals surface area contributed by atoms with Gasteiger partial charge in [0.2, 0.25) is 5.91 Å². The van der Waals surface area contributed by atoms with Crippen LogP contribution in [0, 0.1) is 0 Å². The molecule has 0 saturated carbocycles. The normalized spacial score (nSPS) is 13.4. The quantitative estimate of drug-likeness (QED) is 0.483. The van der Waals surface area contributed by atoms with Gasteiger partial charge in [-0.15, -0.1) is 0 Å². The molecule has 1 N–H and O–H groups in total. The summed E-state index contributed by atoms with van der Waals surface area (Å²) >= 11 is 1.78. The molecule has 0 bridgehead atoms. The molecule has 0 atom stereocenters. The number of nitrogens with one attached hydrogen (secondary N) is 1. The van der Waals surface area contributed by atoms with E-state index in [-0.39, 0.29) is 5.91 Å². The Labute approximate surface area is 163 Å². The summed E-state index contributed by atoms with van der Waals surface area (Å²) in [6.07, 6.45) is 2.28. The van der Waals surface area contributed by atoms with Gasteiger partial charge in [-0.3, -0.25) is 4.79 Å². The molecule has 2 aromatic carbocycles. The van der Waals surface area contributed by atoms with Crippen molar-refractivity contribution in [1.29, 1.82) is 0 Å².